The Bertz CT molecular complexity index is 284. The van der Waals surface area contributed by atoms with Gasteiger partial charge in [0.05, 0.1) is 19.3 Å². The molecule has 3 N–H and O–H groups in total. The van der Waals surface area contributed by atoms with Crippen LogP contribution in [0.1, 0.15) is 0 Å². The number of ether oxygens (including phenoxy) is 1. The number of nitrogens with one attached hydrogen (secondary N) is 1. The summed E-state index contributed by atoms with van der Waals surface area (Å²) in [7, 11) is 1.61. The number of carbonyl (C=O) groups is 1. The van der Waals surface area contributed by atoms with Crippen LogP contribution in [-0.4, -0.2) is 29.9 Å². The van der Waals surface area contributed by atoms with Crippen LogP contribution in [0.15, 0.2) is 6.20 Å². The number of hydrogen-bond acceptors (Lipinski definition) is 4. The minimum absolute atomic E-state index is 0.309. The maximum absolute atomic E-state index is 10.1. The van der Waals surface area contributed by atoms with E-state index in [4.69, 9.17) is 10.5 Å². The maximum Gasteiger partial charge on any atom is 0.211 e. The summed E-state index contributed by atoms with van der Waals surface area (Å²) < 4.78 is 6.48. The number of aromatic nitrogens is 2. The molecule has 0 radical (unpaired) electrons. The van der Waals surface area contributed by atoms with Gasteiger partial charge in [-0.1, -0.05) is 0 Å². The molecule has 0 aliphatic heterocycles. The van der Waals surface area contributed by atoms with Gasteiger partial charge in [-0.15, -0.1) is 0 Å². The molecule has 6 nitrogen and oxygen atoms in total. The molecule has 0 saturated heterocycles. The van der Waals surface area contributed by atoms with Crippen molar-refractivity contribution >= 4 is 17.9 Å². The van der Waals surface area contributed by atoms with E-state index in [0.29, 0.717) is 31.1 Å². The Labute approximate surface area is 75.7 Å². The van der Waals surface area contributed by atoms with Gasteiger partial charge in [0.15, 0.2) is 5.82 Å². The highest BCUT2D eigenvalue weighted by Crippen LogP contribution is 2.13. The average molecular weight is 184 g/mol. The minimum Gasteiger partial charge on any atom is -0.383 e. The van der Waals surface area contributed by atoms with Crippen LogP contribution in [0.5, 0.6) is 0 Å². The summed E-state index contributed by atoms with van der Waals surface area (Å²) in [6, 6.07) is 0. The lowest BCUT2D eigenvalue weighted by Gasteiger charge is -1.97. The Balaban J connectivity index is 2.64. The van der Waals surface area contributed by atoms with Crippen LogP contribution in [0.2, 0.25) is 0 Å². The van der Waals surface area contributed by atoms with Crippen molar-refractivity contribution in [3.8, 4) is 0 Å². The monoisotopic (exact) mass is 184 g/mol. The normalized spacial score (nSPS) is 9.92. The number of nitrogens with zero attached hydrogens (tertiary/aromatic N) is 2. The second-order valence-corrected chi connectivity index (χ2v) is 2.45. The van der Waals surface area contributed by atoms with Crippen LogP contribution in [0, 0.1) is 0 Å². The molecule has 0 atom stereocenters. The number of hydrogen-bond donors (Lipinski definition) is 2. The number of nitrogen functional groups attached to an aromatic ring is 1. The molecule has 1 aromatic heterocycles. The smallest absolute Gasteiger partial charge is 0.211 e. The largest absolute Gasteiger partial charge is 0.383 e. The second-order valence-electron chi connectivity index (χ2n) is 2.45. The molecule has 72 valence electrons. The van der Waals surface area contributed by atoms with Crippen LogP contribution >= 0.6 is 0 Å². The lowest BCUT2D eigenvalue weighted by atomic mass is 10.5. The molecule has 0 fully saturated rings. The summed E-state index contributed by atoms with van der Waals surface area (Å²) in [4.78, 5) is 10.1. The molecule has 0 aliphatic carbocycles. The van der Waals surface area contributed by atoms with Gasteiger partial charge in [-0.05, 0) is 0 Å². The number of carbonyl (C=O) groups excluding carboxylic acids is 1. The summed E-state index contributed by atoms with van der Waals surface area (Å²) in [5.74, 6) is 0.309. The van der Waals surface area contributed by atoms with Crippen molar-refractivity contribution in [1.29, 1.82) is 0 Å². The third kappa shape index (κ3) is 2.45. The molecule has 0 unspecified atom stereocenters. The minimum atomic E-state index is 0.309. The van der Waals surface area contributed by atoms with Crippen molar-refractivity contribution in [3.63, 3.8) is 0 Å². The van der Waals surface area contributed by atoms with Gasteiger partial charge in [0, 0.05) is 7.11 Å². The fraction of sp³-hybridized carbons (Fsp3) is 0.429. The van der Waals surface area contributed by atoms with Gasteiger partial charge in [-0.3, -0.25) is 9.48 Å². The molecular formula is C7H12N4O2. The van der Waals surface area contributed by atoms with Crippen LogP contribution in [0.25, 0.3) is 0 Å². The number of amides is 1. The first-order chi connectivity index (χ1) is 6.27. The van der Waals surface area contributed by atoms with Gasteiger partial charge in [-0.2, -0.15) is 5.10 Å². The van der Waals surface area contributed by atoms with Crippen LogP contribution < -0.4 is 11.1 Å². The number of methoxy groups -OCH3 is 1. The van der Waals surface area contributed by atoms with Gasteiger partial charge in [-0.25, -0.2) is 0 Å². The lowest BCUT2D eigenvalue weighted by molar-refractivity contribution is -0.105. The number of nitrogens with two attached hydrogens (primary N) is 1. The van der Waals surface area contributed by atoms with Crippen LogP contribution in [0.4, 0.5) is 11.5 Å². The van der Waals surface area contributed by atoms with Crippen LogP contribution in [-0.2, 0) is 16.1 Å². The molecule has 0 aliphatic rings. The van der Waals surface area contributed by atoms with Crippen LogP contribution in [0.3, 0.4) is 0 Å². The predicted octanol–water partition coefficient (Wildman–Crippen LogP) is -0.320. The molecule has 1 amide bonds. The summed E-state index contributed by atoms with van der Waals surface area (Å²) in [5.41, 5.74) is 6.02. The van der Waals surface area contributed by atoms with Gasteiger partial charge >= 0.3 is 0 Å². The third-order valence-electron chi connectivity index (χ3n) is 1.53. The topological polar surface area (TPSA) is 82.2 Å². The highest BCUT2D eigenvalue weighted by molar-refractivity contribution is 5.77. The molecule has 1 heterocycles. The standard InChI is InChI=1S/C7H12N4O2/c1-13-3-2-11-4-6(9-5-12)7(8)10-11/h4-5H,2-3H2,1H3,(H2,8,10)(H,9,12). The van der Waals surface area contributed by atoms with Crippen molar-refractivity contribution in [2.45, 2.75) is 6.54 Å². The fourth-order valence-electron chi connectivity index (χ4n) is 0.910. The maximum atomic E-state index is 10.1. The van der Waals surface area contributed by atoms with Gasteiger partial charge in [0.2, 0.25) is 6.41 Å². The van der Waals surface area contributed by atoms with Gasteiger partial charge in [0.25, 0.3) is 0 Å². The Morgan fingerprint density at radius 2 is 2.62 bits per heavy atom. The lowest BCUT2D eigenvalue weighted by Crippen LogP contribution is -2.04. The summed E-state index contributed by atoms with van der Waals surface area (Å²) in [6.45, 7) is 1.17. The molecule has 0 spiro atoms. The van der Waals surface area contributed by atoms with Crippen molar-refractivity contribution in [2.24, 2.45) is 0 Å². The van der Waals surface area contributed by atoms with Gasteiger partial charge < -0.3 is 15.8 Å². The molecule has 6 heteroatoms. The summed E-state index contributed by atoms with van der Waals surface area (Å²) in [6.07, 6.45) is 2.22. The third-order valence-corrected chi connectivity index (χ3v) is 1.53. The zero-order valence-electron chi connectivity index (χ0n) is 7.36. The zero-order chi connectivity index (χ0) is 9.68. The summed E-state index contributed by atoms with van der Waals surface area (Å²) >= 11 is 0. The second kappa shape index (κ2) is 4.46. The molecule has 0 bridgehead atoms. The zero-order valence-corrected chi connectivity index (χ0v) is 7.36. The quantitative estimate of drug-likeness (QED) is 0.614. The first-order valence-electron chi connectivity index (χ1n) is 3.80. The molecular weight excluding hydrogens is 172 g/mol. The Morgan fingerprint density at radius 1 is 1.85 bits per heavy atom. The van der Waals surface area contributed by atoms with E-state index in [1.807, 2.05) is 0 Å². The Morgan fingerprint density at radius 3 is 3.23 bits per heavy atom. The highest BCUT2D eigenvalue weighted by Gasteiger charge is 2.03. The first kappa shape index (κ1) is 9.53. The molecule has 0 saturated carbocycles. The van der Waals surface area contributed by atoms with Crippen molar-refractivity contribution < 1.29 is 9.53 Å². The van der Waals surface area contributed by atoms with Crippen molar-refractivity contribution in [3.05, 3.63) is 6.20 Å². The van der Waals surface area contributed by atoms with E-state index in [1.165, 1.54) is 0 Å². The highest BCUT2D eigenvalue weighted by atomic mass is 16.5. The molecule has 1 rings (SSSR count). The number of anilines is 2. The van der Waals surface area contributed by atoms with Crippen molar-refractivity contribution in [1.82, 2.24) is 9.78 Å². The van der Waals surface area contributed by atoms with E-state index < -0.39 is 0 Å². The molecule has 0 aromatic carbocycles. The van der Waals surface area contributed by atoms with Crippen molar-refractivity contribution in [2.75, 3.05) is 24.8 Å². The molecule has 1 aromatic rings. The van der Waals surface area contributed by atoms with E-state index in [-0.39, 0.29) is 0 Å². The van der Waals surface area contributed by atoms with E-state index >= 15 is 0 Å². The predicted molar refractivity (Wildman–Crippen MR) is 48.2 cm³/mol. The first-order valence-corrected chi connectivity index (χ1v) is 3.80. The van der Waals surface area contributed by atoms with E-state index in [1.54, 1.807) is 18.0 Å². The fourth-order valence-corrected chi connectivity index (χ4v) is 0.910. The van der Waals surface area contributed by atoms with Gasteiger partial charge in [0.1, 0.15) is 5.69 Å². The Kier molecular flexibility index (Phi) is 3.27. The molecule has 13 heavy (non-hydrogen) atoms. The SMILES string of the molecule is COCCn1cc(NC=O)c(N)n1. The number of rotatable bonds is 5. The van der Waals surface area contributed by atoms with E-state index in [2.05, 4.69) is 10.4 Å². The average Bonchev–Trinajstić information content (AvgIpc) is 2.45. The van der Waals surface area contributed by atoms with E-state index in [9.17, 15) is 4.79 Å². The van der Waals surface area contributed by atoms with E-state index in [0.717, 1.165) is 0 Å². The Hall–Kier alpha value is -1.56. The summed E-state index contributed by atoms with van der Waals surface area (Å²) in [5, 5.41) is 6.40.